The number of benzene rings is 1. The minimum atomic E-state index is 0.373. The Kier molecular flexibility index (Phi) is 3.32. The lowest BCUT2D eigenvalue weighted by molar-refractivity contribution is 0.258. The fourth-order valence-corrected chi connectivity index (χ4v) is 2.52. The van der Waals surface area contributed by atoms with E-state index in [0.717, 1.165) is 0 Å². The second-order valence-corrected chi connectivity index (χ2v) is 6.01. The van der Waals surface area contributed by atoms with Crippen LogP contribution in [-0.4, -0.2) is 6.17 Å². The highest BCUT2D eigenvalue weighted by atomic mass is 15.2. The Labute approximate surface area is 105 Å². The summed E-state index contributed by atoms with van der Waals surface area (Å²) in [5.74, 6) is 0.623. The molecule has 0 aromatic heterocycles. The van der Waals surface area contributed by atoms with Gasteiger partial charge in [0.25, 0.3) is 0 Å². The molecule has 2 nitrogen and oxygen atoms in total. The number of para-hydroxylation sites is 2. The lowest BCUT2D eigenvalue weighted by Crippen LogP contribution is -2.33. The Hall–Kier alpha value is -1.18. The quantitative estimate of drug-likeness (QED) is 0.808. The molecule has 1 aromatic rings. The summed E-state index contributed by atoms with van der Waals surface area (Å²) < 4.78 is 0. The molecule has 2 N–H and O–H groups in total. The SMILES string of the molecule is CCC(C)(C)CC(C)C1Nc2ccccc2N1. The third-order valence-electron chi connectivity index (χ3n) is 3.95. The first-order valence-corrected chi connectivity index (χ1v) is 6.64. The molecular formula is C15H24N2. The topological polar surface area (TPSA) is 24.1 Å². The molecule has 2 heteroatoms. The van der Waals surface area contributed by atoms with Crippen molar-refractivity contribution < 1.29 is 0 Å². The van der Waals surface area contributed by atoms with Crippen LogP contribution in [0, 0.1) is 11.3 Å². The van der Waals surface area contributed by atoms with E-state index in [2.05, 4.69) is 62.6 Å². The van der Waals surface area contributed by atoms with Crippen molar-refractivity contribution in [3.05, 3.63) is 24.3 Å². The van der Waals surface area contributed by atoms with Gasteiger partial charge < -0.3 is 10.6 Å². The van der Waals surface area contributed by atoms with Gasteiger partial charge in [-0.2, -0.15) is 0 Å². The number of anilines is 2. The summed E-state index contributed by atoms with van der Waals surface area (Å²) in [4.78, 5) is 0. The highest BCUT2D eigenvalue weighted by molar-refractivity contribution is 5.74. The molecule has 0 aliphatic carbocycles. The van der Waals surface area contributed by atoms with E-state index in [4.69, 9.17) is 0 Å². The molecule has 1 aromatic carbocycles. The lowest BCUT2D eigenvalue weighted by Gasteiger charge is -2.30. The van der Waals surface area contributed by atoms with Crippen molar-refractivity contribution in [2.24, 2.45) is 11.3 Å². The van der Waals surface area contributed by atoms with Crippen LogP contribution in [0.25, 0.3) is 0 Å². The van der Waals surface area contributed by atoms with Crippen LogP contribution < -0.4 is 10.6 Å². The van der Waals surface area contributed by atoms with Gasteiger partial charge >= 0.3 is 0 Å². The van der Waals surface area contributed by atoms with E-state index >= 15 is 0 Å². The summed E-state index contributed by atoms with van der Waals surface area (Å²) >= 11 is 0. The van der Waals surface area contributed by atoms with E-state index in [-0.39, 0.29) is 0 Å². The molecule has 1 aliphatic heterocycles. The summed E-state index contributed by atoms with van der Waals surface area (Å²) in [6, 6.07) is 8.44. The first kappa shape index (κ1) is 12.3. The van der Waals surface area contributed by atoms with Gasteiger partial charge in [-0.05, 0) is 29.9 Å². The minimum Gasteiger partial charge on any atom is -0.363 e. The summed E-state index contributed by atoms with van der Waals surface area (Å²) in [5.41, 5.74) is 2.90. The van der Waals surface area contributed by atoms with Gasteiger partial charge in [0.2, 0.25) is 0 Å². The van der Waals surface area contributed by atoms with Crippen LogP contribution in [0.15, 0.2) is 24.3 Å². The van der Waals surface area contributed by atoms with Crippen LogP contribution in [0.2, 0.25) is 0 Å². The van der Waals surface area contributed by atoms with E-state index in [9.17, 15) is 0 Å². The first-order chi connectivity index (χ1) is 8.02. The Morgan fingerprint density at radius 2 is 1.71 bits per heavy atom. The van der Waals surface area contributed by atoms with Crippen molar-refractivity contribution in [3.8, 4) is 0 Å². The monoisotopic (exact) mass is 232 g/mol. The van der Waals surface area contributed by atoms with E-state index in [1.165, 1.54) is 24.2 Å². The maximum atomic E-state index is 3.57. The Morgan fingerprint density at radius 3 is 2.18 bits per heavy atom. The molecule has 1 atom stereocenters. The molecule has 0 saturated carbocycles. The summed E-state index contributed by atoms with van der Waals surface area (Å²) in [6.07, 6.45) is 2.84. The summed E-state index contributed by atoms with van der Waals surface area (Å²) in [7, 11) is 0. The lowest BCUT2D eigenvalue weighted by atomic mass is 9.80. The first-order valence-electron chi connectivity index (χ1n) is 6.64. The third kappa shape index (κ3) is 2.74. The standard InChI is InChI=1S/C15H24N2/c1-5-15(3,4)10-11(2)14-16-12-8-6-7-9-13(12)17-14/h6-9,11,14,16-17H,5,10H2,1-4H3. The van der Waals surface area contributed by atoms with Gasteiger partial charge in [0.1, 0.15) is 0 Å². The summed E-state index contributed by atoms with van der Waals surface area (Å²) in [5, 5.41) is 7.14. The van der Waals surface area contributed by atoms with Gasteiger partial charge in [0.15, 0.2) is 0 Å². The number of nitrogens with one attached hydrogen (secondary N) is 2. The van der Waals surface area contributed by atoms with Gasteiger partial charge in [-0.1, -0.05) is 46.2 Å². The third-order valence-corrected chi connectivity index (χ3v) is 3.95. The number of hydrogen-bond acceptors (Lipinski definition) is 2. The van der Waals surface area contributed by atoms with Crippen LogP contribution in [0.5, 0.6) is 0 Å². The molecule has 1 heterocycles. The average Bonchev–Trinajstić information content (AvgIpc) is 2.72. The molecule has 94 valence electrons. The van der Waals surface area contributed by atoms with Crippen LogP contribution in [-0.2, 0) is 0 Å². The molecule has 2 rings (SSSR count). The highest BCUT2D eigenvalue weighted by Crippen LogP contribution is 2.35. The summed E-state index contributed by atoms with van der Waals surface area (Å²) in [6.45, 7) is 9.31. The van der Waals surface area contributed by atoms with E-state index in [0.29, 0.717) is 17.5 Å². The van der Waals surface area contributed by atoms with E-state index < -0.39 is 0 Å². The second-order valence-electron chi connectivity index (χ2n) is 6.01. The van der Waals surface area contributed by atoms with Gasteiger partial charge in [-0.3, -0.25) is 0 Å². The zero-order valence-electron chi connectivity index (χ0n) is 11.4. The molecule has 0 radical (unpaired) electrons. The number of fused-ring (bicyclic) bond motifs is 1. The fraction of sp³-hybridized carbons (Fsp3) is 0.600. The highest BCUT2D eigenvalue weighted by Gasteiger charge is 2.28. The van der Waals surface area contributed by atoms with Crippen LogP contribution in [0.1, 0.15) is 40.5 Å². The van der Waals surface area contributed by atoms with Gasteiger partial charge in [-0.15, -0.1) is 0 Å². The van der Waals surface area contributed by atoms with Crippen LogP contribution >= 0.6 is 0 Å². The normalized spacial score (nSPS) is 17.2. The van der Waals surface area contributed by atoms with Crippen molar-refractivity contribution in [2.75, 3.05) is 10.6 Å². The minimum absolute atomic E-state index is 0.373. The van der Waals surface area contributed by atoms with Crippen molar-refractivity contribution in [2.45, 2.75) is 46.7 Å². The molecule has 0 amide bonds. The maximum Gasteiger partial charge on any atom is 0.0991 e. The molecular weight excluding hydrogens is 208 g/mol. The Balaban J connectivity index is 1.99. The van der Waals surface area contributed by atoms with Gasteiger partial charge in [-0.25, -0.2) is 0 Å². The largest absolute Gasteiger partial charge is 0.363 e. The Bertz CT molecular complexity index is 359. The maximum absolute atomic E-state index is 3.57. The van der Waals surface area contributed by atoms with Gasteiger partial charge in [0, 0.05) is 0 Å². The number of rotatable bonds is 4. The zero-order valence-corrected chi connectivity index (χ0v) is 11.4. The van der Waals surface area contributed by atoms with Crippen LogP contribution in [0.4, 0.5) is 11.4 Å². The average molecular weight is 232 g/mol. The van der Waals surface area contributed by atoms with Crippen molar-refractivity contribution in [3.63, 3.8) is 0 Å². The van der Waals surface area contributed by atoms with Crippen molar-refractivity contribution >= 4 is 11.4 Å². The smallest absolute Gasteiger partial charge is 0.0991 e. The second kappa shape index (κ2) is 4.59. The molecule has 0 saturated heterocycles. The zero-order chi connectivity index (χ0) is 12.5. The predicted octanol–water partition coefficient (Wildman–Crippen LogP) is 4.31. The molecule has 1 unspecified atom stereocenters. The molecule has 0 fully saturated rings. The van der Waals surface area contributed by atoms with Crippen LogP contribution in [0.3, 0.4) is 0 Å². The van der Waals surface area contributed by atoms with Gasteiger partial charge in [0.05, 0.1) is 17.5 Å². The Morgan fingerprint density at radius 1 is 1.18 bits per heavy atom. The van der Waals surface area contributed by atoms with E-state index in [1.54, 1.807) is 0 Å². The molecule has 0 spiro atoms. The number of hydrogen-bond donors (Lipinski definition) is 2. The molecule has 0 bridgehead atoms. The fourth-order valence-electron chi connectivity index (χ4n) is 2.52. The van der Waals surface area contributed by atoms with E-state index in [1.807, 2.05) is 0 Å². The van der Waals surface area contributed by atoms with Crippen molar-refractivity contribution in [1.29, 1.82) is 0 Å². The van der Waals surface area contributed by atoms with Crippen molar-refractivity contribution in [1.82, 2.24) is 0 Å². The predicted molar refractivity (Wildman–Crippen MR) is 75.3 cm³/mol. The molecule has 17 heavy (non-hydrogen) atoms. The molecule has 1 aliphatic rings.